The minimum absolute atomic E-state index is 0.757. The van der Waals surface area contributed by atoms with Crippen molar-refractivity contribution in [3.8, 4) is 11.1 Å². The van der Waals surface area contributed by atoms with E-state index in [-0.39, 0.29) is 0 Å². The summed E-state index contributed by atoms with van der Waals surface area (Å²) >= 11 is 0. The summed E-state index contributed by atoms with van der Waals surface area (Å²) < 4.78 is 0. The van der Waals surface area contributed by atoms with Gasteiger partial charge in [0.1, 0.15) is 5.82 Å². The molecule has 3 heteroatoms. The first-order valence-corrected chi connectivity index (χ1v) is 6.75. The molecule has 0 fully saturated rings. The van der Waals surface area contributed by atoms with Gasteiger partial charge in [-0.1, -0.05) is 54.6 Å². The topological polar surface area (TPSA) is 40.7 Å². The van der Waals surface area contributed by atoms with Crippen LogP contribution in [0, 0.1) is 0 Å². The SMILES string of the molecule is c1ccc(-c2ccc(CNCc3ncc[nH]3)cc2)cc1. The van der Waals surface area contributed by atoms with Crippen molar-refractivity contribution < 1.29 is 0 Å². The van der Waals surface area contributed by atoms with Gasteiger partial charge in [0.05, 0.1) is 6.54 Å². The fourth-order valence-electron chi connectivity index (χ4n) is 2.17. The molecule has 3 nitrogen and oxygen atoms in total. The summed E-state index contributed by atoms with van der Waals surface area (Å²) in [6.45, 7) is 1.60. The Morgan fingerprint density at radius 1 is 0.850 bits per heavy atom. The van der Waals surface area contributed by atoms with Gasteiger partial charge in [-0.15, -0.1) is 0 Å². The lowest BCUT2D eigenvalue weighted by atomic mass is 10.0. The molecule has 0 bridgehead atoms. The Labute approximate surface area is 118 Å². The third-order valence-corrected chi connectivity index (χ3v) is 3.24. The Morgan fingerprint density at radius 3 is 2.30 bits per heavy atom. The van der Waals surface area contributed by atoms with Crippen molar-refractivity contribution in [2.45, 2.75) is 13.1 Å². The predicted octanol–water partition coefficient (Wildman–Crippen LogP) is 3.37. The highest BCUT2D eigenvalue weighted by Crippen LogP contribution is 2.19. The van der Waals surface area contributed by atoms with Crippen LogP contribution in [0.3, 0.4) is 0 Å². The molecule has 0 aliphatic carbocycles. The molecule has 0 saturated heterocycles. The molecule has 3 aromatic rings. The Hall–Kier alpha value is -2.39. The molecule has 0 aliphatic heterocycles. The molecule has 2 N–H and O–H groups in total. The first-order valence-electron chi connectivity index (χ1n) is 6.75. The lowest BCUT2D eigenvalue weighted by Gasteiger charge is -2.05. The Kier molecular flexibility index (Phi) is 3.90. The number of H-pyrrole nitrogens is 1. The summed E-state index contributed by atoms with van der Waals surface area (Å²) in [5, 5.41) is 3.37. The van der Waals surface area contributed by atoms with E-state index in [4.69, 9.17) is 0 Å². The highest BCUT2D eigenvalue weighted by Gasteiger charge is 1.98. The number of aromatic amines is 1. The van der Waals surface area contributed by atoms with E-state index in [9.17, 15) is 0 Å². The molecule has 0 spiro atoms. The fourth-order valence-corrected chi connectivity index (χ4v) is 2.17. The van der Waals surface area contributed by atoms with Crippen molar-refractivity contribution >= 4 is 0 Å². The van der Waals surface area contributed by atoms with Gasteiger partial charge in [-0.3, -0.25) is 0 Å². The second-order valence-corrected chi connectivity index (χ2v) is 4.70. The monoisotopic (exact) mass is 263 g/mol. The van der Waals surface area contributed by atoms with Gasteiger partial charge in [-0.2, -0.15) is 0 Å². The standard InChI is InChI=1S/C17H17N3/c1-2-4-15(5-3-1)16-8-6-14(7-9-16)12-18-13-17-19-10-11-20-17/h1-11,18H,12-13H2,(H,19,20). The number of hydrogen-bond donors (Lipinski definition) is 2. The number of nitrogens with zero attached hydrogens (tertiary/aromatic N) is 1. The van der Waals surface area contributed by atoms with Gasteiger partial charge in [0.15, 0.2) is 0 Å². The summed E-state index contributed by atoms with van der Waals surface area (Å²) in [6.07, 6.45) is 3.61. The van der Waals surface area contributed by atoms with Crippen LogP contribution >= 0.6 is 0 Å². The van der Waals surface area contributed by atoms with Crippen LogP contribution in [0.5, 0.6) is 0 Å². The van der Waals surface area contributed by atoms with Crippen LogP contribution < -0.4 is 5.32 Å². The van der Waals surface area contributed by atoms with Crippen molar-refractivity contribution in [3.05, 3.63) is 78.4 Å². The number of hydrogen-bond acceptors (Lipinski definition) is 2. The zero-order chi connectivity index (χ0) is 13.6. The number of nitrogens with one attached hydrogen (secondary N) is 2. The third kappa shape index (κ3) is 3.13. The summed E-state index contributed by atoms with van der Waals surface area (Å²) in [7, 11) is 0. The molecule has 0 atom stereocenters. The summed E-state index contributed by atoms with van der Waals surface area (Å²) in [5.41, 5.74) is 3.78. The lowest BCUT2D eigenvalue weighted by molar-refractivity contribution is 0.669. The van der Waals surface area contributed by atoms with Crippen molar-refractivity contribution in [2.24, 2.45) is 0 Å². The molecule has 20 heavy (non-hydrogen) atoms. The summed E-state index contributed by atoms with van der Waals surface area (Å²) in [5.74, 6) is 0.964. The van der Waals surface area contributed by atoms with Gasteiger partial charge in [0, 0.05) is 18.9 Å². The normalized spacial score (nSPS) is 10.6. The van der Waals surface area contributed by atoms with Crippen molar-refractivity contribution in [1.82, 2.24) is 15.3 Å². The van der Waals surface area contributed by atoms with Crippen molar-refractivity contribution in [1.29, 1.82) is 0 Å². The van der Waals surface area contributed by atoms with Crippen LogP contribution in [-0.2, 0) is 13.1 Å². The molecule has 1 heterocycles. The van der Waals surface area contributed by atoms with Gasteiger partial charge < -0.3 is 10.3 Å². The maximum atomic E-state index is 4.18. The predicted molar refractivity (Wildman–Crippen MR) is 81.0 cm³/mol. The lowest BCUT2D eigenvalue weighted by Crippen LogP contribution is -2.13. The molecule has 2 aromatic carbocycles. The molecule has 0 aliphatic rings. The fraction of sp³-hybridized carbons (Fsp3) is 0.118. The van der Waals surface area contributed by atoms with Gasteiger partial charge >= 0.3 is 0 Å². The van der Waals surface area contributed by atoms with E-state index in [0.29, 0.717) is 0 Å². The van der Waals surface area contributed by atoms with Gasteiger partial charge in [-0.25, -0.2) is 4.98 Å². The molecule has 100 valence electrons. The first kappa shape index (κ1) is 12.6. The molecule has 0 amide bonds. The van der Waals surface area contributed by atoms with Gasteiger partial charge in [0.2, 0.25) is 0 Å². The molecule has 0 radical (unpaired) electrons. The summed E-state index contributed by atoms with van der Waals surface area (Å²) in [6, 6.07) is 19.1. The molecule has 0 saturated carbocycles. The molecular formula is C17H17N3. The van der Waals surface area contributed by atoms with E-state index in [0.717, 1.165) is 18.9 Å². The number of benzene rings is 2. The number of rotatable bonds is 5. The van der Waals surface area contributed by atoms with Crippen LogP contribution in [-0.4, -0.2) is 9.97 Å². The largest absolute Gasteiger partial charge is 0.348 e. The number of aromatic nitrogens is 2. The average molecular weight is 263 g/mol. The molecule has 0 unspecified atom stereocenters. The Morgan fingerprint density at radius 2 is 1.60 bits per heavy atom. The molecule has 1 aromatic heterocycles. The van der Waals surface area contributed by atoms with Crippen LogP contribution in [0.4, 0.5) is 0 Å². The van der Waals surface area contributed by atoms with E-state index in [1.54, 1.807) is 6.20 Å². The van der Waals surface area contributed by atoms with E-state index >= 15 is 0 Å². The minimum atomic E-state index is 0.757. The first-order chi connectivity index (χ1) is 9.92. The van der Waals surface area contributed by atoms with Crippen molar-refractivity contribution in [3.63, 3.8) is 0 Å². The van der Waals surface area contributed by atoms with Crippen molar-refractivity contribution in [2.75, 3.05) is 0 Å². The van der Waals surface area contributed by atoms with E-state index < -0.39 is 0 Å². The van der Waals surface area contributed by atoms with Crippen LogP contribution in [0.1, 0.15) is 11.4 Å². The van der Waals surface area contributed by atoms with Crippen LogP contribution in [0.2, 0.25) is 0 Å². The van der Waals surface area contributed by atoms with E-state index in [1.165, 1.54) is 16.7 Å². The number of imidazole rings is 1. The van der Waals surface area contributed by atoms with Crippen LogP contribution in [0.15, 0.2) is 67.0 Å². The zero-order valence-corrected chi connectivity index (χ0v) is 11.2. The molecule has 3 rings (SSSR count). The highest BCUT2D eigenvalue weighted by atomic mass is 15.0. The van der Waals surface area contributed by atoms with E-state index in [2.05, 4.69) is 63.8 Å². The highest BCUT2D eigenvalue weighted by molar-refractivity contribution is 5.63. The maximum absolute atomic E-state index is 4.18. The van der Waals surface area contributed by atoms with Crippen LogP contribution in [0.25, 0.3) is 11.1 Å². The summed E-state index contributed by atoms with van der Waals surface area (Å²) in [4.78, 5) is 7.26. The maximum Gasteiger partial charge on any atom is 0.120 e. The van der Waals surface area contributed by atoms with Gasteiger partial charge in [-0.05, 0) is 16.7 Å². The van der Waals surface area contributed by atoms with E-state index in [1.807, 2.05) is 12.3 Å². The Bertz CT molecular complexity index is 628. The quantitative estimate of drug-likeness (QED) is 0.741. The second kappa shape index (κ2) is 6.17. The van der Waals surface area contributed by atoms with Gasteiger partial charge in [0.25, 0.3) is 0 Å². The minimum Gasteiger partial charge on any atom is -0.348 e. The third-order valence-electron chi connectivity index (χ3n) is 3.24. The Balaban J connectivity index is 1.59. The average Bonchev–Trinajstić information content (AvgIpc) is 3.02. The smallest absolute Gasteiger partial charge is 0.120 e. The molecular weight excluding hydrogens is 246 g/mol. The second-order valence-electron chi connectivity index (χ2n) is 4.70. The zero-order valence-electron chi connectivity index (χ0n) is 11.2.